The van der Waals surface area contributed by atoms with Gasteiger partial charge in [-0.05, 0) is 64.9 Å². The molecule has 0 saturated carbocycles. The summed E-state index contributed by atoms with van der Waals surface area (Å²) in [5, 5.41) is 6.59. The largest absolute Gasteiger partial charge is 0.361 e. The Labute approximate surface area is 237 Å². The van der Waals surface area contributed by atoms with Crippen LogP contribution in [0.4, 0.5) is 17.1 Å². The van der Waals surface area contributed by atoms with Crippen LogP contribution in [0.5, 0.6) is 0 Å². The third kappa shape index (κ3) is 6.83. The molecule has 0 aliphatic heterocycles. The van der Waals surface area contributed by atoms with Crippen LogP contribution in [0.25, 0.3) is 10.9 Å². The number of hydrogen-bond donors (Lipinski definition) is 3. The van der Waals surface area contributed by atoms with E-state index in [2.05, 4.69) is 41.3 Å². The third-order valence-electron chi connectivity index (χ3n) is 6.00. The molecule has 0 aliphatic carbocycles. The van der Waals surface area contributed by atoms with Gasteiger partial charge in [-0.25, -0.2) is 13.3 Å². The highest BCUT2D eigenvalue weighted by Gasteiger charge is 2.24. The quantitative estimate of drug-likeness (QED) is 0.0973. The molecule has 0 bridgehead atoms. The normalized spacial score (nSPS) is 11.8. The Bertz CT molecular complexity index is 1640. The first-order chi connectivity index (χ1) is 18.9. The van der Waals surface area contributed by atoms with Crippen LogP contribution in [-0.2, 0) is 24.7 Å². The second-order valence-electron chi connectivity index (χ2n) is 10.0. The summed E-state index contributed by atoms with van der Waals surface area (Å²) in [5.74, 6) is -0.982. The molecular formula is C28H30N4O6S2. The van der Waals surface area contributed by atoms with Crippen molar-refractivity contribution in [3.63, 3.8) is 0 Å². The van der Waals surface area contributed by atoms with E-state index >= 15 is 0 Å². The molecule has 0 atom stereocenters. The maximum absolute atomic E-state index is 13.5. The maximum Gasteiger partial charge on any atom is 0.257 e. The minimum absolute atomic E-state index is 0.0374. The summed E-state index contributed by atoms with van der Waals surface area (Å²) in [4.78, 5) is 34.3. The molecule has 2 amide bonds. The van der Waals surface area contributed by atoms with E-state index in [1.165, 1.54) is 25.3 Å². The van der Waals surface area contributed by atoms with Gasteiger partial charge in [0, 0.05) is 23.0 Å². The number of carbonyl (C=O) groups excluding carboxylic acids is 2. The number of H-pyrrole nitrogens is 1. The van der Waals surface area contributed by atoms with Crippen molar-refractivity contribution in [3.05, 3.63) is 89.6 Å². The second-order valence-corrected chi connectivity index (χ2v) is 12.8. The van der Waals surface area contributed by atoms with Crippen molar-refractivity contribution in [1.29, 1.82) is 0 Å². The average Bonchev–Trinajstić information content (AvgIpc) is 3.36. The molecule has 0 aliphatic rings. The molecule has 10 nitrogen and oxygen atoms in total. The molecular weight excluding hydrogens is 552 g/mol. The lowest BCUT2D eigenvalue weighted by Crippen LogP contribution is -2.24. The summed E-state index contributed by atoms with van der Waals surface area (Å²) in [6.45, 7) is 6.24. The number of sulfonamides is 1. The minimum atomic E-state index is -3.84. The van der Waals surface area contributed by atoms with Gasteiger partial charge in [0.15, 0.2) is 12.2 Å². The number of fused-ring (bicyclic) bond motifs is 1. The van der Waals surface area contributed by atoms with Gasteiger partial charge in [0.25, 0.3) is 11.8 Å². The fourth-order valence-electron chi connectivity index (χ4n) is 3.93. The number of benzene rings is 3. The summed E-state index contributed by atoms with van der Waals surface area (Å²) < 4.78 is 30.5. The number of nitrogens with one attached hydrogen (secondary N) is 3. The highest BCUT2D eigenvalue weighted by Crippen LogP contribution is 2.32. The minimum Gasteiger partial charge on any atom is -0.361 e. The van der Waals surface area contributed by atoms with Gasteiger partial charge < -0.3 is 15.6 Å². The number of anilines is 3. The van der Waals surface area contributed by atoms with E-state index in [4.69, 9.17) is 4.33 Å². The first kappa shape index (κ1) is 29.2. The second kappa shape index (κ2) is 11.7. The van der Waals surface area contributed by atoms with Gasteiger partial charge in [0.05, 0.1) is 30.3 Å². The summed E-state index contributed by atoms with van der Waals surface area (Å²) in [5.41, 5.74) is 3.09. The van der Waals surface area contributed by atoms with Crippen molar-refractivity contribution in [2.45, 2.75) is 26.2 Å². The van der Waals surface area contributed by atoms with Crippen molar-refractivity contribution in [2.75, 3.05) is 27.7 Å². The van der Waals surface area contributed by atoms with Crippen LogP contribution < -0.4 is 14.3 Å². The van der Waals surface area contributed by atoms with Gasteiger partial charge in [-0.15, -0.1) is 4.33 Å². The Morgan fingerprint density at radius 1 is 0.925 bits per heavy atom. The predicted octanol–water partition coefficient (Wildman–Crippen LogP) is 5.88. The molecule has 4 rings (SSSR count). The lowest BCUT2D eigenvalue weighted by Gasteiger charge is -2.21. The van der Waals surface area contributed by atoms with Crippen LogP contribution in [0.2, 0.25) is 0 Å². The van der Waals surface area contributed by atoms with Crippen LogP contribution in [-0.4, -0.2) is 38.6 Å². The number of aromatic nitrogens is 1. The van der Waals surface area contributed by atoms with Gasteiger partial charge in [0.1, 0.15) is 0 Å². The van der Waals surface area contributed by atoms with Crippen LogP contribution >= 0.6 is 12.2 Å². The Morgan fingerprint density at radius 2 is 1.65 bits per heavy atom. The molecule has 0 saturated heterocycles. The van der Waals surface area contributed by atoms with Gasteiger partial charge in [-0.2, -0.15) is 3.71 Å². The molecule has 12 heteroatoms. The Kier molecular flexibility index (Phi) is 8.54. The van der Waals surface area contributed by atoms with E-state index in [9.17, 15) is 18.0 Å². The van der Waals surface area contributed by atoms with E-state index in [0.717, 1.165) is 26.4 Å². The zero-order chi connectivity index (χ0) is 29.1. The van der Waals surface area contributed by atoms with E-state index in [0.29, 0.717) is 23.5 Å². The summed E-state index contributed by atoms with van der Waals surface area (Å²) in [6, 6.07) is 18.8. The van der Waals surface area contributed by atoms with E-state index in [-0.39, 0.29) is 22.4 Å². The molecule has 0 radical (unpaired) electrons. The fraction of sp³-hybridized carbons (Fsp3) is 0.214. The molecule has 0 spiro atoms. The molecule has 3 N–H and O–H groups in total. The monoisotopic (exact) mass is 582 g/mol. The molecule has 3 aromatic carbocycles. The Morgan fingerprint density at radius 3 is 2.30 bits per heavy atom. The lowest BCUT2D eigenvalue weighted by molar-refractivity contribution is -0.160. The van der Waals surface area contributed by atoms with Crippen molar-refractivity contribution < 1.29 is 27.2 Å². The molecule has 1 aromatic heterocycles. The zero-order valence-electron chi connectivity index (χ0n) is 22.6. The number of amides is 2. The fourth-order valence-corrected chi connectivity index (χ4v) is 5.26. The number of aromatic amines is 1. The van der Waals surface area contributed by atoms with Gasteiger partial charge in [0.2, 0.25) is 10.0 Å². The molecule has 210 valence electrons. The van der Waals surface area contributed by atoms with Crippen molar-refractivity contribution in [1.82, 2.24) is 4.98 Å². The summed E-state index contributed by atoms with van der Waals surface area (Å²) in [7, 11) is -2.60. The topological polar surface area (TPSA) is 130 Å². The van der Waals surface area contributed by atoms with Crippen LogP contribution in [0, 0.1) is 0 Å². The van der Waals surface area contributed by atoms with Crippen molar-refractivity contribution >= 4 is 62.0 Å². The smallest absolute Gasteiger partial charge is 0.257 e. The Balaban J connectivity index is 1.69. The van der Waals surface area contributed by atoms with Gasteiger partial charge in [-0.1, -0.05) is 39.0 Å². The molecule has 4 aromatic rings. The maximum atomic E-state index is 13.5. The Hall–Kier alpha value is -3.84. The van der Waals surface area contributed by atoms with Crippen molar-refractivity contribution in [2.24, 2.45) is 0 Å². The highest BCUT2D eigenvalue weighted by atomic mass is 32.3. The van der Waals surface area contributed by atoms with Gasteiger partial charge in [-0.3, -0.25) is 9.59 Å². The predicted molar refractivity (Wildman–Crippen MR) is 159 cm³/mol. The lowest BCUT2D eigenvalue weighted by atomic mass is 9.86. The number of carbonyl (C=O) groups is 2. The average molecular weight is 583 g/mol. The standard InChI is InChI=1S/C28H30N4O6S2/c1-28(2,3)20-9-6-19(7-10-20)26(33)31-24-13-12-22(32(39-38-37-4)40(5,35)36)17-23(24)27(34)30-21-11-8-18-14-15-29-25(18)16-21/h6-17,29H,1-5H3,(H,30,34)(H,31,33). The SMILES string of the molecule is COOSN(c1ccc(NC(=O)c2ccc(C(C)(C)C)cc2)c(C(=O)Nc2ccc3cc[nH]c3c2)c1)S(C)(=O)=O. The van der Waals surface area contributed by atoms with Gasteiger partial charge >= 0.3 is 0 Å². The van der Waals surface area contributed by atoms with Crippen LogP contribution in [0.3, 0.4) is 0 Å². The highest BCUT2D eigenvalue weighted by molar-refractivity contribution is 8.11. The van der Waals surface area contributed by atoms with E-state index in [1.54, 1.807) is 30.5 Å². The molecule has 40 heavy (non-hydrogen) atoms. The first-order valence-electron chi connectivity index (χ1n) is 12.2. The third-order valence-corrected chi connectivity index (χ3v) is 8.35. The van der Waals surface area contributed by atoms with E-state index < -0.39 is 21.8 Å². The molecule has 1 heterocycles. The zero-order valence-corrected chi connectivity index (χ0v) is 24.3. The number of hydrogen-bond acceptors (Lipinski definition) is 7. The van der Waals surface area contributed by atoms with Crippen LogP contribution in [0.1, 0.15) is 47.1 Å². The number of rotatable bonds is 9. The van der Waals surface area contributed by atoms with E-state index in [1.807, 2.05) is 24.3 Å². The first-order valence-corrected chi connectivity index (χ1v) is 14.7. The van der Waals surface area contributed by atoms with Crippen LogP contribution in [0.15, 0.2) is 72.9 Å². The van der Waals surface area contributed by atoms with Crippen molar-refractivity contribution in [3.8, 4) is 0 Å². The number of nitrogens with zero attached hydrogens (tertiary/aromatic N) is 1. The molecule has 0 unspecified atom stereocenters. The molecule has 0 fully saturated rings. The summed E-state index contributed by atoms with van der Waals surface area (Å²) in [6.07, 6.45) is 2.78. The summed E-state index contributed by atoms with van der Waals surface area (Å²) >= 11 is 0.428.